The fourth-order valence-corrected chi connectivity index (χ4v) is 1.47. The van der Waals surface area contributed by atoms with E-state index in [1.165, 1.54) is 12.0 Å². The zero-order chi connectivity index (χ0) is 13.5. The van der Waals surface area contributed by atoms with Crippen molar-refractivity contribution in [2.75, 3.05) is 32.3 Å². The Kier molecular flexibility index (Phi) is 5.32. The van der Waals surface area contributed by atoms with Crippen LogP contribution in [0, 0.1) is 0 Å². The number of hydrogen-bond acceptors (Lipinski definition) is 4. The van der Waals surface area contributed by atoms with Gasteiger partial charge in [-0.05, 0) is 19.1 Å². The Hall–Kier alpha value is -1.88. The third-order valence-corrected chi connectivity index (χ3v) is 2.47. The molecule has 0 spiro atoms. The number of nitrogens with zero attached hydrogens (tertiary/aromatic N) is 1. The van der Waals surface area contributed by atoms with Gasteiger partial charge in [-0.15, -0.1) is 0 Å². The average Bonchev–Trinajstić information content (AvgIpc) is 2.43. The lowest BCUT2D eigenvalue weighted by molar-refractivity contribution is -0.122. The van der Waals surface area contributed by atoms with E-state index in [2.05, 4.69) is 4.74 Å². The second-order valence-electron chi connectivity index (χ2n) is 3.60. The van der Waals surface area contributed by atoms with E-state index in [1.54, 1.807) is 31.3 Å². The van der Waals surface area contributed by atoms with Crippen LogP contribution < -0.4 is 4.90 Å². The van der Waals surface area contributed by atoms with Crippen molar-refractivity contribution in [3.8, 4) is 0 Å². The van der Waals surface area contributed by atoms with E-state index in [9.17, 15) is 9.59 Å². The van der Waals surface area contributed by atoms with E-state index in [4.69, 9.17) is 4.74 Å². The summed E-state index contributed by atoms with van der Waals surface area (Å²) in [5.41, 5.74) is 0.862. The summed E-state index contributed by atoms with van der Waals surface area (Å²) in [4.78, 5) is 24.8. The third-order valence-electron chi connectivity index (χ3n) is 2.47. The molecule has 1 rings (SSSR count). The molecule has 1 aromatic rings. The quantitative estimate of drug-likeness (QED) is 0.744. The SMILES string of the molecule is CCOCC(=O)N(C)c1ccccc1C(=O)OC. The number of esters is 1. The van der Waals surface area contributed by atoms with E-state index in [-0.39, 0.29) is 12.5 Å². The molecule has 0 saturated carbocycles. The van der Waals surface area contributed by atoms with Crippen molar-refractivity contribution >= 4 is 17.6 Å². The number of amides is 1. The second kappa shape index (κ2) is 6.76. The number of para-hydroxylation sites is 1. The molecule has 0 aliphatic heterocycles. The second-order valence-corrected chi connectivity index (χ2v) is 3.60. The molecule has 0 aromatic heterocycles. The lowest BCUT2D eigenvalue weighted by Gasteiger charge is -2.19. The van der Waals surface area contributed by atoms with Crippen LogP contribution in [0.1, 0.15) is 17.3 Å². The van der Waals surface area contributed by atoms with Gasteiger partial charge in [-0.1, -0.05) is 12.1 Å². The number of likely N-dealkylation sites (N-methyl/N-ethyl adjacent to an activating group) is 1. The van der Waals surface area contributed by atoms with Crippen molar-refractivity contribution in [1.82, 2.24) is 0 Å². The summed E-state index contributed by atoms with van der Waals surface area (Å²) in [5, 5.41) is 0. The molecule has 0 fully saturated rings. The summed E-state index contributed by atoms with van der Waals surface area (Å²) in [6.45, 7) is 2.27. The van der Waals surface area contributed by atoms with Gasteiger partial charge in [-0.3, -0.25) is 4.79 Å². The third kappa shape index (κ3) is 3.30. The molecule has 0 radical (unpaired) electrons. The van der Waals surface area contributed by atoms with Gasteiger partial charge >= 0.3 is 5.97 Å². The van der Waals surface area contributed by atoms with Gasteiger partial charge in [-0.2, -0.15) is 0 Å². The Morgan fingerprint density at radius 2 is 1.94 bits per heavy atom. The highest BCUT2D eigenvalue weighted by Gasteiger charge is 2.18. The minimum atomic E-state index is -0.471. The maximum atomic E-state index is 11.8. The Morgan fingerprint density at radius 3 is 2.56 bits per heavy atom. The van der Waals surface area contributed by atoms with Crippen molar-refractivity contribution in [3.05, 3.63) is 29.8 Å². The Morgan fingerprint density at radius 1 is 1.28 bits per heavy atom. The molecule has 1 amide bonds. The molecule has 5 heteroatoms. The number of methoxy groups -OCH3 is 1. The summed E-state index contributed by atoms with van der Waals surface area (Å²) in [6.07, 6.45) is 0. The minimum absolute atomic E-state index is 0.0114. The Bertz CT molecular complexity index is 431. The van der Waals surface area contributed by atoms with Gasteiger partial charge in [0.05, 0.1) is 18.4 Å². The van der Waals surface area contributed by atoms with Crippen LogP contribution in [-0.2, 0) is 14.3 Å². The zero-order valence-electron chi connectivity index (χ0n) is 10.8. The van der Waals surface area contributed by atoms with Gasteiger partial charge in [0, 0.05) is 13.7 Å². The first-order valence-electron chi connectivity index (χ1n) is 5.63. The maximum Gasteiger partial charge on any atom is 0.339 e. The fraction of sp³-hybridized carbons (Fsp3) is 0.385. The summed E-state index contributed by atoms with van der Waals surface area (Å²) in [7, 11) is 2.91. The molecular formula is C13H17NO4. The predicted molar refractivity (Wildman–Crippen MR) is 67.7 cm³/mol. The number of carbonyl (C=O) groups excluding carboxylic acids is 2. The molecule has 0 bridgehead atoms. The molecule has 0 aliphatic rings. The number of ether oxygens (including phenoxy) is 2. The molecule has 0 atom stereocenters. The molecule has 1 aromatic carbocycles. The van der Waals surface area contributed by atoms with E-state index in [0.29, 0.717) is 17.9 Å². The van der Waals surface area contributed by atoms with Crippen LogP contribution in [0.15, 0.2) is 24.3 Å². The van der Waals surface area contributed by atoms with Crippen molar-refractivity contribution < 1.29 is 19.1 Å². The smallest absolute Gasteiger partial charge is 0.339 e. The Balaban J connectivity index is 2.94. The molecule has 18 heavy (non-hydrogen) atoms. The monoisotopic (exact) mass is 251 g/mol. The van der Waals surface area contributed by atoms with Gasteiger partial charge in [0.25, 0.3) is 5.91 Å². The van der Waals surface area contributed by atoms with Crippen LogP contribution in [0.5, 0.6) is 0 Å². The number of carbonyl (C=O) groups is 2. The topological polar surface area (TPSA) is 55.8 Å². The number of anilines is 1. The molecule has 5 nitrogen and oxygen atoms in total. The molecule has 0 N–H and O–H groups in total. The summed E-state index contributed by atoms with van der Waals surface area (Å²) < 4.78 is 9.74. The van der Waals surface area contributed by atoms with E-state index in [0.717, 1.165) is 0 Å². The van der Waals surface area contributed by atoms with Crippen molar-refractivity contribution in [3.63, 3.8) is 0 Å². The highest BCUT2D eigenvalue weighted by molar-refractivity contribution is 6.02. The first kappa shape index (κ1) is 14.2. The molecule has 0 saturated heterocycles. The van der Waals surface area contributed by atoms with Crippen LogP contribution >= 0.6 is 0 Å². The minimum Gasteiger partial charge on any atom is -0.465 e. The zero-order valence-corrected chi connectivity index (χ0v) is 10.8. The van der Waals surface area contributed by atoms with E-state index in [1.807, 2.05) is 6.92 Å². The van der Waals surface area contributed by atoms with Crippen LogP contribution in [-0.4, -0.2) is 39.2 Å². The number of rotatable bonds is 5. The maximum absolute atomic E-state index is 11.8. The number of hydrogen-bond donors (Lipinski definition) is 0. The van der Waals surface area contributed by atoms with Crippen molar-refractivity contribution in [2.45, 2.75) is 6.92 Å². The summed E-state index contributed by atoms with van der Waals surface area (Å²) in [5.74, 6) is -0.685. The van der Waals surface area contributed by atoms with Crippen molar-refractivity contribution in [1.29, 1.82) is 0 Å². The molecule has 0 heterocycles. The van der Waals surface area contributed by atoms with Crippen LogP contribution in [0.3, 0.4) is 0 Å². The molecule has 0 unspecified atom stereocenters. The van der Waals surface area contributed by atoms with Crippen LogP contribution in [0.4, 0.5) is 5.69 Å². The van der Waals surface area contributed by atoms with Gasteiger partial charge < -0.3 is 14.4 Å². The fourth-order valence-electron chi connectivity index (χ4n) is 1.47. The van der Waals surface area contributed by atoms with Gasteiger partial charge in [0.1, 0.15) is 6.61 Å². The largest absolute Gasteiger partial charge is 0.465 e. The number of benzene rings is 1. The highest BCUT2D eigenvalue weighted by Crippen LogP contribution is 2.20. The normalized spacial score (nSPS) is 9.94. The van der Waals surface area contributed by atoms with Crippen LogP contribution in [0.25, 0.3) is 0 Å². The average molecular weight is 251 g/mol. The van der Waals surface area contributed by atoms with E-state index < -0.39 is 5.97 Å². The summed E-state index contributed by atoms with van der Waals surface area (Å²) >= 11 is 0. The first-order chi connectivity index (χ1) is 8.61. The lowest BCUT2D eigenvalue weighted by Crippen LogP contribution is -2.31. The van der Waals surface area contributed by atoms with Gasteiger partial charge in [0.15, 0.2) is 0 Å². The highest BCUT2D eigenvalue weighted by atomic mass is 16.5. The van der Waals surface area contributed by atoms with Crippen molar-refractivity contribution in [2.24, 2.45) is 0 Å². The summed E-state index contributed by atoms with van der Waals surface area (Å²) in [6, 6.07) is 6.78. The standard InChI is InChI=1S/C13H17NO4/c1-4-18-9-12(15)14(2)11-8-6-5-7-10(11)13(16)17-3/h5-8H,4,9H2,1-3H3. The lowest BCUT2D eigenvalue weighted by atomic mass is 10.1. The first-order valence-corrected chi connectivity index (χ1v) is 5.63. The molecule has 98 valence electrons. The van der Waals surface area contributed by atoms with Gasteiger partial charge in [-0.25, -0.2) is 4.79 Å². The van der Waals surface area contributed by atoms with Gasteiger partial charge in [0.2, 0.25) is 0 Å². The molecular weight excluding hydrogens is 234 g/mol. The van der Waals surface area contributed by atoms with Crippen LogP contribution in [0.2, 0.25) is 0 Å². The Labute approximate surface area is 106 Å². The predicted octanol–water partition coefficient (Wildman–Crippen LogP) is 1.47. The van der Waals surface area contributed by atoms with E-state index >= 15 is 0 Å². The molecule has 0 aliphatic carbocycles.